The minimum absolute atomic E-state index is 0.361. The fraction of sp³-hybridized carbons (Fsp3) is 0.125. The predicted molar refractivity (Wildman–Crippen MR) is 122 cm³/mol. The second-order valence-corrected chi connectivity index (χ2v) is 7.06. The van der Waals surface area contributed by atoms with Crippen LogP contribution in [-0.2, 0) is 22.6 Å². The quantitative estimate of drug-likeness (QED) is 0.324. The standard InChI is InChI=1S/C24H22ClN3O3/c1-2-17-7-11-20(12-8-17)27-23(29)24(30)28-26-15-18-9-13-21(14-10-18)31-16-19-5-3-4-6-22(19)25/h3-15H,2,16H2,1H3,(H,27,29)(H,28,30)/b26-15-. The molecule has 0 fully saturated rings. The van der Waals surface area contributed by atoms with Crippen LogP contribution in [0.2, 0.25) is 5.02 Å². The SMILES string of the molecule is CCc1ccc(NC(=O)C(=O)N/N=C\c2ccc(OCc3ccccc3Cl)cc2)cc1. The number of nitrogens with zero attached hydrogens (tertiary/aromatic N) is 1. The number of hydrogen-bond acceptors (Lipinski definition) is 4. The van der Waals surface area contributed by atoms with Crippen molar-refractivity contribution in [3.63, 3.8) is 0 Å². The lowest BCUT2D eigenvalue weighted by Crippen LogP contribution is -2.32. The molecule has 3 aromatic rings. The van der Waals surface area contributed by atoms with Crippen LogP contribution in [0.4, 0.5) is 5.69 Å². The Morgan fingerprint density at radius 1 is 0.968 bits per heavy atom. The van der Waals surface area contributed by atoms with Gasteiger partial charge in [-0.25, -0.2) is 5.43 Å². The zero-order valence-corrected chi connectivity index (χ0v) is 17.7. The third kappa shape index (κ3) is 6.69. The van der Waals surface area contributed by atoms with E-state index in [1.165, 1.54) is 6.21 Å². The molecule has 31 heavy (non-hydrogen) atoms. The van der Waals surface area contributed by atoms with Gasteiger partial charge in [-0.1, -0.05) is 48.9 Å². The molecule has 0 radical (unpaired) electrons. The van der Waals surface area contributed by atoms with E-state index in [0.29, 0.717) is 23.1 Å². The Labute approximate surface area is 185 Å². The zero-order chi connectivity index (χ0) is 22.1. The first-order valence-electron chi connectivity index (χ1n) is 9.74. The molecule has 2 N–H and O–H groups in total. The van der Waals surface area contributed by atoms with Gasteiger partial charge in [0.15, 0.2) is 0 Å². The highest BCUT2D eigenvalue weighted by molar-refractivity contribution is 6.39. The van der Waals surface area contributed by atoms with E-state index >= 15 is 0 Å². The van der Waals surface area contributed by atoms with Crippen molar-refractivity contribution in [2.24, 2.45) is 5.10 Å². The van der Waals surface area contributed by atoms with Crippen molar-refractivity contribution in [2.75, 3.05) is 5.32 Å². The zero-order valence-electron chi connectivity index (χ0n) is 17.0. The van der Waals surface area contributed by atoms with Crippen molar-refractivity contribution in [3.05, 3.63) is 94.5 Å². The van der Waals surface area contributed by atoms with Crippen molar-refractivity contribution in [1.29, 1.82) is 0 Å². The van der Waals surface area contributed by atoms with Crippen LogP contribution in [0.5, 0.6) is 5.75 Å². The van der Waals surface area contributed by atoms with Crippen molar-refractivity contribution >= 4 is 35.3 Å². The number of amides is 2. The van der Waals surface area contributed by atoms with Gasteiger partial charge >= 0.3 is 11.8 Å². The molecule has 2 amide bonds. The summed E-state index contributed by atoms with van der Waals surface area (Å²) in [5.74, 6) is -0.963. The molecule has 0 heterocycles. The van der Waals surface area contributed by atoms with Gasteiger partial charge in [0.05, 0.1) is 6.21 Å². The monoisotopic (exact) mass is 435 g/mol. The number of aryl methyl sites for hydroxylation is 1. The molecule has 0 atom stereocenters. The van der Waals surface area contributed by atoms with E-state index in [0.717, 1.165) is 23.1 Å². The Hall–Kier alpha value is -3.64. The Bertz CT molecular complexity index is 1060. The lowest BCUT2D eigenvalue weighted by molar-refractivity contribution is -0.136. The molecule has 3 rings (SSSR count). The average molecular weight is 436 g/mol. The van der Waals surface area contributed by atoms with Gasteiger partial charge in [-0.05, 0) is 60.0 Å². The first kappa shape index (κ1) is 22.1. The minimum atomic E-state index is -0.851. The van der Waals surface area contributed by atoms with E-state index in [9.17, 15) is 9.59 Å². The number of halogens is 1. The van der Waals surface area contributed by atoms with Gasteiger partial charge < -0.3 is 10.1 Å². The molecule has 0 unspecified atom stereocenters. The van der Waals surface area contributed by atoms with Gasteiger partial charge in [0.25, 0.3) is 0 Å². The molecule has 0 saturated carbocycles. The smallest absolute Gasteiger partial charge is 0.329 e. The number of hydrogen-bond donors (Lipinski definition) is 2. The number of nitrogens with one attached hydrogen (secondary N) is 2. The Morgan fingerprint density at radius 3 is 2.35 bits per heavy atom. The fourth-order valence-corrected chi connectivity index (χ4v) is 2.84. The van der Waals surface area contributed by atoms with Gasteiger partial charge in [-0.15, -0.1) is 0 Å². The lowest BCUT2D eigenvalue weighted by atomic mass is 10.1. The maximum Gasteiger partial charge on any atom is 0.329 e. The van der Waals surface area contributed by atoms with Crippen molar-refractivity contribution in [1.82, 2.24) is 5.43 Å². The summed E-state index contributed by atoms with van der Waals surface area (Å²) in [6.45, 7) is 2.40. The van der Waals surface area contributed by atoms with E-state index in [4.69, 9.17) is 16.3 Å². The highest BCUT2D eigenvalue weighted by Gasteiger charge is 2.12. The van der Waals surface area contributed by atoms with E-state index < -0.39 is 11.8 Å². The molecule has 7 heteroatoms. The molecule has 0 bridgehead atoms. The maximum atomic E-state index is 11.9. The van der Waals surface area contributed by atoms with Crippen LogP contribution in [0.25, 0.3) is 0 Å². The second kappa shape index (κ2) is 10.9. The second-order valence-electron chi connectivity index (χ2n) is 6.65. The van der Waals surface area contributed by atoms with E-state index in [-0.39, 0.29) is 0 Å². The average Bonchev–Trinajstić information content (AvgIpc) is 2.80. The summed E-state index contributed by atoms with van der Waals surface area (Å²) < 4.78 is 5.72. The number of carbonyl (C=O) groups is 2. The molecule has 6 nitrogen and oxygen atoms in total. The van der Waals surface area contributed by atoms with Crippen LogP contribution in [0.1, 0.15) is 23.6 Å². The van der Waals surface area contributed by atoms with Crippen LogP contribution < -0.4 is 15.5 Å². The van der Waals surface area contributed by atoms with Crippen LogP contribution in [0.3, 0.4) is 0 Å². The molecule has 0 aliphatic carbocycles. The highest BCUT2D eigenvalue weighted by Crippen LogP contribution is 2.18. The lowest BCUT2D eigenvalue weighted by Gasteiger charge is -2.07. The number of benzene rings is 3. The largest absolute Gasteiger partial charge is 0.489 e. The Kier molecular flexibility index (Phi) is 7.79. The molecule has 0 saturated heterocycles. The molecular weight excluding hydrogens is 414 g/mol. The van der Waals surface area contributed by atoms with Crippen molar-refractivity contribution in [3.8, 4) is 5.75 Å². The summed E-state index contributed by atoms with van der Waals surface area (Å²) in [5, 5.41) is 7.01. The summed E-state index contributed by atoms with van der Waals surface area (Å²) in [6, 6.07) is 21.9. The van der Waals surface area contributed by atoms with Gasteiger partial charge in [0.1, 0.15) is 12.4 Å². The normalized spacial score (nSPS) is 10.6. The number of ether oxygens (including phenoxy) is 1. The third-order valence-electron chi connectivity index (χ3n) is 4.44. The highest BCUT2D eigenvalue weighted by atomic mass is 35.5. The van der Waals surface area contributed by atoms with Crippen molar-refractivity contribution < 1.29 is 14.3 Å². The maximum absolute atomic E-state index is 11.9. The van der Waals surface area contributed by atoms with E-state index in [1.54, 1.807) is 36.4 Å². The summed E-state index contributed by atoms with van der Waals surface area (Å²) >= 11 is 6.12. The minimum Gasteiger partial charge on any atom is -0.489 e. The topological polar surface area (TPSA) is 79.8 Å². The Balaban J connectivity index is 1.46. The number of rotatable bonds is 7. The van der Waals surface area contributed by atoms with E-state index in [1.807, 2.05) is 43.3 Å². The summed E-state index contributed by atoms with van der Waals surface area (Å²) in [4.78, 5) is 23.8. The molecule has 0 aromatic heterocycles. The summed E-state index contributed by atoms with van der Waals surface area (Å²) in [7, 11) is 0. The first-order valence-corrected chi connectivity index (χ1v) is 10.1. The van der Waals surface area contributed by atoms with Crippen molar-refractivity contribution in [2.45, 2.75) is 20.0 Å². The Morgan fingerprint density at radius 2 is 1.68 bits per heavy atom. The van der Waals surface area contributed by atoms with Gasteiger partial charge in [0.2, 0.25) is 0 Å². The van der Waals surface area contributed by atoms with Crippen LogP contribution >= 0.6 is 11.6 Å². The molecule has 0 aliphatic rings. The third-order valence-corrected chi connectivity index (χ3v) is 4.81. The van der Waals surface area contributed by atoms with Crippen LogP contribution in [0, 0.1) is 0 Å². The summed E-state index contributed by atoms with van der Waals surface area (Å²) in [6.07, 6.45) is 2.34. The number of carbonyl (C=O) groups excluding carboxylic acids is 2. The van der Waals surface area contributed by atoms with E-state index in [2.05, 4.69) is 15.8 Å². The molecule has 158 valence electrons. The molecule has 0 spiro atoms. The first-order chi connectivity index (χ1) is 15.0. The molecule has 3 aromatic carbocycles. The summed E-state index contributed by atoms with van der Waals surface area (Å²) in [5.41, 5.74) is 5.55. The predicted octanol–water partition coefficient (Wildman–Crippen LogP) is 4.57. The number of anilines is 1. The number of hydrazone groups is 1. The molecular formula is C24H22ClN3O3. The van der Waals surface area contributed by atoms with Gasteiger partial charge in [-0.3, -0.25) is 9.59 Å². The van der Waals surface area contributed by atoms with Crippen LogP contribution in [0.15, 0.2) is 77.9 Å². The van der Waals surface area contributed by atoms with Crippen LogP contribution in [-0.4, -0.2) is 18.0 Å². The molecule has 0 aliphatic heterocycles. The van der Waals surface area contributed by atoms with Gasteiger partial charge in [0, 0.05) is 16.3 Å². The fourth-order valence-electron chi connectivity index (χ4n) is 2.65. The van der Waals surface area contributed by atoms with Gasteiger partial charge in [-0.2, -0.15) is 5.10 Å².